The summed E-state index contributed by atoms with van der Waals surface area (Å²) in [6.07, 6.45) is -4.35. The Hall–Kier alpha value is -5.68. The van der Waals surface area contributed by atoms with Crippen LogP contribution in [0.2, 0.25) is 0 Å². The average Bonchev–Trinajstić information content (AvgIpc) is 4.02. The van der Waals surface area contributed by atoms with Crippen molar-refractivity contribution in [3.8, 4) is 0 Å². The Bertz CT molecular complexity index is 2080. The van der Waals surface area contributed by atoms with E-state index in [0.29, 0.717) is 33.9 Å². The van der Waals surface area contributed by atoms with E-state index in [9.17, 15) is 35.9 Å². The molecular weight excluding hydrogens is 694 g/mol. The fourth-order valence-corrected chi connectivity index (χ4v) is 6.30. The van der Waals surface area contributed by atoms with Crippen LogP contribution in [0.25, 0.3) is 0 Å². The molecular formula is C34H30F6N10O2. The summed E-state index contributed by atoms with van der Waals surface area (Å²) in [5.74, 6) is -3.10. The van der Waals surface area contributed by atoms with Gasteiger partial charge in [-0.1, -0.05) is 0 Å². The van der Waals surface area contributed by atoms with Gasteiger partial charge in [0, 0.05) is 47.2 Å². The summed E-state index contributed by atoms with van der Waals surface area (Å²) in [5, 5.41) is 17.2. The largest absolute Gasteiger partial charge is 0.421 e. The molecule has 4 aromatic rings. The van der Waals surface area contributed by atoms with E-state index in [1.165, 1.54) is 6.07 Å². The van der Waals surface area contributed by atoms with Crippen LogP contribution in [0.15, 0.2) is 48.8 Å². The monoisotopic (exact) mass is 724 g/mol. The van der Waals surface area contributed by atoms with Crippen molar-refractivity contribution in [3.63, 3.8) is 0 Å². The third-order valence-electron chi connectivity index (χ3n) is 9.30. The Balaban J connectivity index is 1.00. The summed E-state index contributed by atoms with van der Waals surface area (Å²) in [7, 11) is 0. The number of amides is 2. The van der Waals surface area contributed by atoms with Crippen LogP contribution in [0.1, 0.15) is 47.9 Å². The van der Waals surface area contributed by atoms with E-state index >= 15 is 0 Å². The molecule has 2 aliphatic heterocycles. The van der Waals surface area contributed by atoms with Gasteiger partial charge in [0.15, 0.2) is 0 Å². The highest BCUT2D eigenvalue weighted by atomic mass is 19.4. The number of nitrogens with zero attached hydrogens (tertiary/aromatic N) is 4. The second-order valence-electron chi connectivity index (χ2n) is 13.3. The smallest absolute Gasteiger partial charge is 0.367 e. The molecule has 12 nitrogen and oxygen atoms in total. The number of rotatable bonds is 9. The zero-order chi connectivity index (χ0) is 36.4. The number of carbonyl (C=O) groups excluding carboxylic acids is 2. The molecule has 4 aliphatic rings. The molecule has 2 atom stereocenters. The van der Waals surface area contributed by atoms with Gasteiger partial charge in [0.1, 0.15) is 22.8 Å². The van der Waals surface area contributed by atoms with Crippen LogP contribution < -0.4 is 31.9 Å². The number of benzene rings is 2. The van der Waals surface area contributed by atoms with Crippen molar-refractivity contribution in [2.75, 3.05) is 31.9 Å². The zero-order valence-corrected chi connectivity index (χ0v) is 27.0. The lowest BCUT2D eigenvalue weighted by Crippen LogP contribution is -2.43. The summed E-state index contributed by atoms with van der Waals surface area (Å²) < 4.78 is 82.2. The number of aromatic nitrogens is 4. The van der Waals surface area contributed by atoms with Gasteiger partial charge in [-0.05, 0) is 86.1 Å². The van der Waals surface area contributed by atoms with Crippen molar-refractivity contribution >= 4 is 58.1 Å². The Morgan fingerprint density at radius 1 is 0.615 bits per heavy atom. The third-order valence-corrected chi connectivity index (χ3v) is 9.30. The second-order valence-corrected chi connectivity index (χ2v) is 13.3. The average molecular weight is 725 g/mol. The van der Waals surface area contributed by atoms with Crippen LogP contribution in [-0.4, -0.2) is 43.8 Å². The van der Waals surface area contributed by atoms with Gasteiger partial charge in [-0.3, -0.25) is 9.59 Å². The van der Waals surface area contributed by atoms with Crippen molar-refractivity contribution in [1.29, 1.82) is 0 Å². The maximum Gasteiger partial charge on any atom is 0.421 e. The Labute approximate surface area is 291 Å². The Kier molecular flexibility index (Phi) is 8.06. The normalized spacial score (nSPS) is 19.9. The first kappa shape index (κ1) is 33.5. The van der Waals surface area contributed by atoms with E-state index < -0.39 is 41.1 Å². The predicted octanol–water partition coefficient (Wildman–Crippen LogP) is 6.86. The Morgan fingerprint density at radius 2 is 1.10 bits per heavy atom. The maximum atomic E-state index is 13.8. The fraction of sp³-hybridized carbons (Fsp3) is 0.353. The highest BCUT2D eigenvalue weighted by Gasteiger charge is 2.41. The highest BCUT2D eigenvalue weighted by molar-refractivity contribution is 6.03. The number of hydrogen-bond acceptors (Lipinski definition) is 10. The lowest BCUT2D eigenvalue weighted by molar-refractivity contribution is -0.138. The van der Waals surface area contributed by atoms with E-state index in [0.717, 1.165) is 38.1 Å². The molecule has 8 rings (SSSR count). The minimum atomic E-state index is -4.71. The molecule has 270 valence electrons. The number of anilines is 8. The van der Waals surface area contributed by atoms with Gasteiger partial charge in [0.05, 0.1) is 11.8 Å². The summed E-state index contributed by atoms with van der Waals surface area (Å²) in [6.45, 7) is 0. The predicted molar refractivity (Wildman–Crippen MR) is 178 cm³/mol. The van der Waals surface area contributed by atoms with Gasteiger partial charge in [-0.15, -0.1) is 0 Å². The Morgan fingerprint density at radius 3 is 1.63 bits per heavy atom. The maximum absolute atomic E-state index is 13.8. The molecule has 2 amide bonds. The van der Waals surface area contributed by atoms with Crippen LogP contribution in [0.4, 0.5) is 72.6 Å². The summed E-state index contributed by atoms with van der Waals surface area (Å²) in [4.78, 5) is 42.5. The minimum Gasteiger partial charge on any atom is -0.367 e. The molecule has 2 aromatic carbocycles. The van der Waals surface area contributed by atoms with E-state index in [4.69, 9.17) is 0 Å². The third kappa shape index (κ3) is 7.09. The van der Waals surface area contributed by atoms with Crippen LogP contribution >= 0.6 is 0 Å². The molecule has 2 saturated carbocycles. The molecule has 2 fully saturated rings. The first-order chi connectivity index (χ1) is 24.8. The SMILES string of the molecule is O=C1Nc2ccc(Nc3ncc(C(F)(F)F)c(NC4CC4)n3)cc2CC1C1Cc2cc(Nc3nc(NC4CC4)ncc3C(F)(F)F)ccc2NC1=O. The fourth-order valence-electron chi connectivity index (χ4n) is 6.30. The molecule has 2 aromatic heterocycles. The summed E-state index contributed by atoms with van der Waals surface area (Å²) >= 11 is 0. The molecule has 0 radical (unpaired) electrons. The zero-order valence-electron chi connectivity index (χ0n) is 27.0. The number of nitrogens with one attached hydrogen (secondary N) is 6. The molecule has 2 unspecified atom stereocenters. The standard InChI is InChI=1S/C34H30F6N10O2/c35-33(36,37)23-13-42-32(49-27(23)43-17-1-2-17)46-20-6-8-26-16(10-20)12-22(30(52)48-26)21-11-15-9-19(5-7-25(15)47-29(21)51)44-28-24(34(38,39)40)14-41-31(50-28)45-18-3-4-18/h5-10,13-14,17-18,21-22H,1-4,11-12H2,(H,47,51)(H,48,52)(H2,41,44,45,50)(H2,42,43,46,49). The molecule has 6 N–H and O–H groups in total. The second kappa shape index (κ2) is 12.5. The quantitative estimate of drug-likeness (QED) is 0.101. The van der Waals surface area contributed by atoms with Crippen LogP contribution in [0.5, 0.6) is 0 Å². The highest BCUT2D eigenvalue weighted by Crippen LogP contribution is 2.40. The molecule has 4 heterocycles. The van der Waals surface area contributed by atoms with Gasteiger partial charge < -0.3 is 31.9 Å². The van der Waals surface area contributed by atoms with Gasteiger partial charge in [-0.25, -0.2) is 9.97 Å². The van der Waals surface area contributed by atoms with Crippen molar-refractivity contribution in [2.24, 2.45) is 11.8 Å². The number of halogens is 6. The van der Waals surface area contributed by atoms with Crippen molar-refractivity contribution in [3.05, 3.63) is 71.0 Å². The first-order valence-electron chi connectivity index (χ1n) is 16.6. The van der Waals surface area contributed by atoms with Crippen LogP contribution in [-0.2, 0) is 34.8 Å². The lowest BCUT2D eigenvalue weighted by Gasteiger charge is -2.33. The van der Waals surface area contributed by atoms with Crippen molar-refractivity contribution in [1.82, 2.24) is 19.9 Å². The van der Waals surface area contributed by atoms with Crippen molar-refractivity contribution < 1.29 is 35.9 Å². The molecule has 0 spiro atoms. The molecule has 0 saturated heterocycles. The van der Waals surface area contributed by atoms with E-state index in [1.54, 1.807) is 30.3 Å². The van der Waals surface area contributed by atoms with Gasteiger partial charge >= 0.3 is 12.4 Å². The van der Waals surface area contributed by atoms with Gasteiger partial charge in [0.25, 0.3) is 0 Å². The topological polar surface area (TPSA) is 158 Å². The van der Waals surface area contributed by atoms with Crippen molar-refractivity contribution in [2.45, 2.75) is 63.0 Å². The summed E-state index contributed by atoms with van der Waals surface area (Å²) in [5.41, 5.74) is 1.01. The van der Waals surface area contributed by atoms with Gasteiger partial charge in [0.2, 0.25) is 23.7 Å². The lowest BCUT2D eigenvalue weighted by atomic mass is 9.77. The van der Waals surface area contributed by atoms with Crippen LogP contribution in [0, 0.1) is 11.8 Å². The molecule has 18 heteroatoms. The minimum absolute atomic E-state index is 0.0557. The molecule has 0 bridgehead atoms. The first-order valence-corrected chi connectivity index (χ1v) is 16.6. The van der Waals surface area contributed by atoms with E-state index in [1.807, 2.05) is 0 Å². The van der Waals surface area contributed by atoms with E-state index in [-0.39, 0.29) is 54.5 Å². The number of carbonyl (C=O) groups is 2. The van der Waals surface area contributed by atoms with Gasteiger partial charge in [-0.2, -0.15) is 36.3 Å². The molecule has 52 heavy (non-hydrogen) atoms. The summed E-state index contributed by atoms with van der Waals surface area (Å²) in [6, 6.07) is 9.73. The number of fused-ring (bicyclic) bond motifs is 2. The van der Waals surface area contributed by atoms with Crippen LogP contribution in [0.3, 0.4) is 0 Å². The number of alkyl halides is 6. The van der Waals surface area contributed by atoms with E-state index in [2.05, 4.69) is 51.8 Å². The molecule has 2 aliphatic carbocycles. The number of hydrogen-bond donors (Lipinski definition) is 6.